The molecule has 0 aromatic heterocycles. The Kier molecular flexibility index (Phi) is 7.07. The van der Waals surface area contributed by atoms with Crippen molar-refractivity contribution in [3.8, 4) is 5.75 Å². The third-order valence-electron chi connectivity index (χ3n) is 5.27. The molecule has 0 atom stereocenters. The molecule has 0 fully saturated rings. The van der Waals surface area contributed by atoms with Gasteiger partial charge in [0, 0.05) is 35.1 Å². The molecule has 0 saturated heterocycles. The molecule has 2 aromatic rings. The number of aliphatic hydroxyl groups excluding tert-OH is 1. The van der Waals surface area contributed by atoms with E-state index in [-0.39, 0.29) is 19.1 Å². The summed E-state index contributed by atoms with van der Waals surface area (Å²) in [5, 5.41) is 15.5. The van der Waals surface area contributed by atoms with Crippen LogP contribution in [0.25, 0.3) is 5.57 Å². The van der Waals surface area contributed by atoms with E-state index < -0.39 is 0 Å². The van der Waals surface area contributed by atoms with Gasteiger partial charge in [0.05, 0.1) is 30.1 Å². The zero-order valence-electron chi connectivity index (χ0n) is 18.1. The highest BCUT2D eigenvalue weighted by molar-refractivity contribution is 6.32. The highest BCUT2D eigenvalue weighted by Crippen LogP contribution is 2.36. The summed E-state index contributed by atoms with van der Waals surface area (Å²) < 4.78 is 5.27. The number of aliphatic hydroxyl groups is 1. The second-order valence-electron chi connectivity index (χ2n) is 7.41. The molecular weight excluding hydrogens is 438 g/mol. The molecule has 33 heavy (non-hydrogen) atoms. The van der Waals surface area contributed by atoms with Gasteiger partial charge in [-0.3, -0.25) is 9.79 Å². The lowest BCUT2D eigenvalue weighted by Crippen LogP contribution is -2.26. The summed E-state index contributed by atoms with van der Waals surface area (Å²) in [6, 6.07) is 12.9. The fourth-order valence-electron chi connectivity index (χ4n) is 3.61. The molecule has 0 saturated carbocycles. The molecule has 0 unspecified atom stereocenters. The van der Waals surface area contributed by atoms with E-state index in [0.29, 0.717) is 16.3 Å². The van der Waals surface area contributed by atoms with Crippen LogP contribution in [0.1, 0.15) is 22.3 Å². The number of hydrogen-bond acceptors (Lipinski definition) is 5. The van der Waals surface area contributed by atoms with Gasteiger partial charge in [-0.05, 0) is 48.4 Å². The average Bonchev–Trinajstić information content (AvgIpc) is 3.23. The monoisotopic (exact) mass is 461 g/mol. The highest BCUT2D eigenvalue weighted by Gasteiger charge is 2.23. The van der Waals surface area contributed by atoms with Crippen molar-refractivity contribution in [3.63, 3.8) is 0 Å². The Morgan fingerprint density at radius 3 is 2.73 bits per heavy atom. The molecule has 3 N–H and O–H groups in total. The van der Waals surface area contributed by atoms with Crippen LogP contribution in [-0.2, 0) is 0 Å². The van der Waals surface area contributed by atoms with E-state index in [1.165, 1.54) is 0 Å². The predicted octanol–water partition coefficient (Wildman–Crippen LogP) is 4.75. The molecule has 2 aromatic carbocycles. The Balaban J connectivity index is 1.54. The Hall–Kier alpha value is -3.61. The lowest BCUT2D eigenvalue weighted by Gasteiger charge is -2.16. The third-order valence-corrected chi connectivity index (χ3v) is 5.56. The van der Waals surface area contributed by atoms with Crippen LogP contribution in [0, 0.1) is 0 Å². The summed E-state index contributed by atoms with van der Waals surface area (Å²) in [6.45, 7) is 0.133. The fourth-order valence-corrected chi connectivity index (χ4v) is 3.87. The van der Waals surface area contributed by atoms with E-state index in [1.54, 1.807) is 19.2 Å². The molecule has 4 rings (SSSR count). The largest absolute Gasteiger partial charge is 0.495 e. The smallest absolute Gasteiger partial charge is 0.251 e. The number of carbonyl (C=O) groups is 1. The van der Waals surface area contributed by atoms with Gasteiger partial charge in [-0.1, -0.05) is 42.0 Å². The zero-order chi connectivity index (χ0) is 23.2. The number of benzene rings is 2. The van der Waals surface area contributed by atoms with Crippen molar-refractivity contribution in [1.29, 1.82) is 0 Å². The topological polar surface area (TPSA) is 83.0 Å². The van der Waals surface area contributed by atoms with Crippen molar-refractivity contribution in [2.45, 2.75) is 6.42 Å². The average molecular weight is 462 g/mol. The summed E-state index contributed by atoms with van der Waals surface area (Å²) in [4.78, 5) is 16.8. The Bertz CT molecular complexity index is 1210. The number of allylic oxidation sites excluding steroid dienone is 6. The maximum Gasteiger partial charge on any atom is 0.251 e. The maximum atomic E-state index is 12.1. The number of rotatable bonds is 7. The summed E-state index contributed by atoms with van der Waals surface area (Å²) in [5.41, 5.74) is 6.02. The molecule has 1 aliphatic carbocycles. The van der Waals surface area contributed by atoms with Crippen molar-refractivity contribution in [3.05, 3.63) is 100 Å². The Morgan fingerprint density at radius 2 is 2.00 bits per heavy atom. The normalized spacial score (nSPS) is 17.3. The number of nitrogens with one attached hydrogen (secondary N) is 2. The fraction of sp³-hybridized carbons (Fsp3) is 0.154. The molecule has 1 heterocycles. The lowest BCUT2D eigenvalue weighted by atomic mass is 9.93. The number of methoxy groups -OCH3 is 1. The van der Waals surface area contributed by atoms with Gasteiger partial charge in [0.1, 0.15) is 5.75 Å². The first-order chi connectivity index (χ1) is 16.1. The number of fused-ring (bicyclic) bond motifs is 1. The third kappa shape index (κ3) is 5.08. The van der Waals surface area contributed by atoms with E-state index in [1.807, 2.05) is 42.6 Å². The van der Waals surface area contributed by atoms with E-state index in [2.05, 4.69) is 28.9 Å². The Labute approximate surface area is 197 Å². The second kappa shape index (κ2) is 10.3. The van der Waals surface area contributed by atoms with Gasteiger partial charge >= 0.3 is 0 Å². The minimum Gasteiger partial charge on any atom is -0.495 e. The number of anilines is 1. The van der Waals surface area contributed by atoms with Crippen LogP contribution in [0.5, 0.6) is 5.75 Å². The van der Waals surface area contributed by atoms with Gasteiger partial charge in [-0.2, -0.15) is 0 Å². The standard InChI is InChI=1S/C26H24ClN3O3/c1-33-24-12-9-18(15-22(24)27)21-16-29-25-20(21)5-3-2-4-6-23(25)30-19-10-7-17(8-11-19)26(32)28-13-14-31/h2-3,5-12,15-16,30-31H,4,13-14H2,1H3,(H,28,32)/b3-2-,20-5?,23-6-. The van der Waals surface area contributed by atoms with Crippen LogP contribution in [0.2, 0.25) is 5.02 Å². The lowest BCUT2D eigenvalue weighted by molar-refractivity contribution is 0.0945. The summed E-state index contributed by atoms with van der Waals surface area (Å²) >= 11 is 6.35. The van der Waals surface area contributed by atoms with Gasteiger partial charge in [0.2, 0.25) is 0 Å². The van der Waals surface area contributed by atoms with Crippen LogP contribution in [0.3, 0.4) is 0 Å². The molecular formula is C26H24ClN3O3. The molecule has 2 aliphatic rings. The number of aliphatic imine (C=N–C) groups is 1. The molecule has 7 heteroatoms. The van der Waals surface area contributed by atoms with E-state index in [0.717, 1.165) is 40.2 Å². The molecule has 0 spiro atoms. The molecule has 1 aliphatic heterocycles. The molecule has 0 bridgehead atoms. The van der Waals surface area contributed by atoms with Gasteiger partial charge in [-0.15, -0.1) is 0 Å². The van der Waals surface area contributed by atoms with Gasteiger partial charge in [0.15, 0.2) is 0 Å². The number of halogens is 1. The van der Waals surface area contributed by atoms with Gasteiger partial charge < -0.3 is 20.5 Å². The van der Waals surface area contributed by atoms with Crippen molar-refractivity contribution >= 4 is 34.5 Å². The highest BCUT2D eigenvalue weighted by atomic mass is 35.5. The first-order valence-corrected chi connectivity index (χ1v) is 10.9. The first kappa shape index (κ1) is 22.6. The van der Waals surface area contributed by atoms with Gasteiger partial charge in [-0.25, -0.2) is 0 Å². The van der Waals surface area contributed by atoms with Crippen LogP contribution >= 0.6 is 11.6 Å². The number of nitrogens with zero attached hydrogens (tertiary/aromatic N) is 1. The summed E-state index contributed by atoms with van der Waals surface area (Å²) in [5.74, 6) is 0.408. The maximum absolute atomic E-state index is 12.1. The number of amides is 1. The van der Waals surface area contributed by atoms with Gasteiger partial charge in [0.25, 0.3) is 5.91 Å². The van der Waals surface area contributed by atoms with E-state index >= 15 is 0 Å². The Morgan fingerprint density at radius 1 is 1.18 bits per heavy atom. The SMILES string of the molecule is COc1ccc(C2=CN=C3C2=C/C=C\C/C=C/3Nc2ccc(C(=O)NCCO)cc2)cc1Cl. The van der Waals surface area contributed by atoms with E-state index in [9.17, 15) is 4.79 Å². The number of hydrogen-bond donors (Lipinski definition) is 3. The minimum absolute atomic E-state index is 0.0926. The van der Waals surface area contributed by atoms with Crippen molar-refractivity contribution < 1.29 is 14.6 Å². The van der Waals surface area contributed by atoms with Crippen molar-refractivity contribution in [2.24, 2.45) is 4.99 Å². The predicted molar refractivity (Wildman–Crippen MR) is 133 cm³/mol. The van der Waals surface area contributed by atoms with Crippen LogP contribution in [0.4, 0.5) is 5.69 Å². The second-order valence-corrected chi connectivity index (χ2v) is 7.82. The molecule has 0 radical (unpaired) electrons. The minimum atomic E-state index is -0.219. The quantitative estimate of drug-likeness (QED) is 0.555. The first-order valence-electron chi connectivity index (χ1n) is 10.6. The molecule has 6 nitrogen and oxygen atoms in total. The van der Waals surface area contributed by atoms with Crippen LogP contribution in [-0.4, -0.2) is 37.0 Å². The van der Waals surface area contributed by atoms with E-state index in [4.69, 9.17) is 26.4 Å². The summed E-state index contributed by atoms with van der Waals surface area (Å²) in [6.07, 6.45) is 10.9. The van der Waals surface area contributed by atoms with Crippen molar-refractivity contribution in [2.75, 3.05) is 25.6 Å². The number of ether oxygens (including phenoxy) is 1. The molecule has 168 valence electrons. The van der Waals surface area contributed by atoms with Crippen LogP contribution < -0.4 is 15.4 Å². The number of carbonyl (C=O) groups excluding carboxylic acids is 1. The van der Waals surface area contributed by atoms with Crippen LogP contribution in [0.15, 0.2) is 89.2 Å². The zero-order valence-corrected chi connectivity index (χ0v) is 18.9. The molecule has 1 amide bonds. The summed E-state index contributed by atoms with van der Waals surface area (Å²) in [7, 11) is 1.59. The van der Waals surface area contributed by atoms with Crippen molar-refractivity contribution in [1.82, 2.24) is 5.32 Å².